The van der Waals surface area contributed by atoms with Gasteiger partial charge in [-0.25, -0.2) is 0 Å². The Morgan fingerprint density at radius 1 is 1.10 bits per heavy atom. The summed E-state index contributed by atoms with van der Waals surface area (Å²) in [5.74, 6) is 0. The van der Waals surface area contributed by atoms with Gasteiger partial charge in [0.15, 0.2) is 6.54 Å². The lowest BCUT2D eigenvalue weighted by Gasteiger charge is -2.32. The van der Waals surface area contributed by atoms with E-state index in [0.29, 0.717) is 0 Å². The molecule has 0 aliphatic carbocycles. The number of anilines is 1. The number of rotatable bonds is 6. The normalized spacial score (nSPS) is 12.7. The van der Waals surface area contributed by atoms with Gasteiger partial charge in [0.25, 0.3) is 5.01 Å². The van der Waals surface area contributed by atoms with Gasteiger partial charge in [-0.2, -0.15) is 4.57 Å². The number of aromatic nitrogens is 1. The summed E-state index contributed by atoms with van der Waals surface area (Å²) in [6.45, 7) is 15.9. The molecule has 156 valence electrons. The van der Waals surface area contributed by atoms with Crippen molar-refractivity contribution in [2.24, 2.45) is 5.41 Å². The molecule has 30 heavy (non-hydrogen) atoms. The minimum Gasteiger partial charge on any atom is -0.348 e. The number of allylic oxidation sites excluding steroid dienone is 4. The fraction of sp³-hybridized carbons (Fsp3) is 0.296. The van der Waals surface area contributed by atoms with Crippen LogP contribution in [-0.2, 0) is 6.54 Å². The van der Waals surface area contributed by atoms with Crippen molar-refractivity contribution >= 4 is 33.3 Å². The summed E-state index contributed by atoms with van der Waals surface area (Å²) in [4.78, 5) is 2.28. The SMILES string of the molecule is C=CC[n+]1c(/C=C/C=C(\N(C)c2ccccc2)C(C)(C)C)sc2cc(C)c(C)cc21. The molecule has 3 heteroatoms. The molecular weight excluding hydrogens is 384 g/mol. The Morgan fingerprint density at radius 3 is 2.40 bits per heavy atom. The second kappa shape index (κ2) is 9.01. The van der Waals surface area contributed by atoms with Crippen molar-refractivity contribution < 1.29 is 4.57 Å². The fourth-order valence-electron chi connectivity index (χ4n) is 3.67. The molecule has 0 saturated heterocycles. The Hall–Kier alpha value is -2.65. The average Bonchev–Trinajstić information content (AvgIpc) is 3.01. The number of hydrogen-bond donors (Lipinski definition) is 0. The van der Waals surface area contributed by atoms with Crippen LogP contribution in [0.15, 0.2) is 73.0 Å². The minimum atomic E-state index is 0.0282. The Labute approximate surface area is 185 Å². The third-order valence-electron chi connectivity index (χ3n) is 5.42. The molecule has 0 bridgehead atoms. The maximum Gasteiger partial charge on any atom is 0.263 e. The van der Waals surface area contributed by atoms with E-state index in [9.17, 15) is 0 Å². The molecule has 1 heterocycles. The van der Waals surface area contributed by atoms with Crippen LogP contribution in [0.1, 0.15) is 36.9 Å². The zero-order valence-corrected chi connectivity index (χ0v) is 19.9. The van der Waals surface area contributed by atoms with Gasteiger partial charge in [0, 0.05) is 36.0 Å². The van der Waals surface area contributed by atoms with Crippen molar-refractivity contribution in [1.29, 1.82) is 0 Å². The van der Waals surface area contributed by atoms with Crippen molar-refractivity contribution in [3.63, 3.8) is 0 Å². The largest absolute Gasteiger partial charge is 0.348 e. The third-order valence-corrected chi connectivity index (χ3v) is 6.54. The molecular formula is C27H33N2S+. The predicted molar refractivity (Wildman–Crippen MR) is 133 cm³/mol. The summed E-state index contributed by atoms with van der Waals surface area (Å²) < 4.78 is 3.67. The summed E-state index contributed by atoms with van der Waals surface area (Å²) in [5, 5.41) is 1.24. The first-order valence-corrected chi connectivity index (χ1v) is 11.3. The van der Waals surface area contributed by atoms with E-state index in [1.54, 1.807) is 0 Å². The highest BCUT2D eigenvalue weighted by Gasteiger charge is 2.22. The van der Waals surface area contributed by atoms with E-state index in [4.69, 9.17) is 0 Å². The van der Waals surface area contributed by atoms with E-state index < -0.39 is 0 Å². The van der Waals surface area contributed by atoms with Crippen LogP contribution in [0.2, 0.25) is 0 Å². The van der Waals surface area contributed by atoms with Crippen LogP contribution >= 0.6 is 11.3 Å². The van der Waals surface area contributed by atoms with E-state index in [0.717, 1.165) is 6.54 Å². The van der Waals surface area contributed by atoms with Gasteiger partial charge >= 0.3 is 0 Å². The standard InChI is InChI=1S/C27H33N2S/c1-8-17-29-23-18-20(2)21(3)19-24(23)30-26(29)16-12-15-25(27(4,5)6)28(7)22-13-10-9-11-14-22/h8-16,18-19H,1,17H2,2-7H3/q+1. The molecule has 0 saturated carbocycles. The molecule has 0 amide bonds. The highest BCUT2D eigenvalue weighted by molar-refractivity contribution is 7.18. The molecule has 0 aliphatic rings. The van der Waals surface area contributed by atoms with Crippen molar-refractivity contribution in [2.45, 2.75) is 41.2 Å². The Bertz CT molecular complexity index is 1100. The van der Waals surface area contributed by atoms with Crippen molar-refractivity contribution in [3.05, 3.63) is 89.1 Å². The highest BCUT2D eigenvalue weighted by atomic mass is 32.1. The Kier molecular flexibility index (Phi) is 6.62. The number of fused-ring (bicyclic) bond motifs is 1. The van der Waals surface area contributed by atoms with Crippen LogP contribution in [0.3, 0.4) is 0 Å². The third kappa shape index (κ3) is 4.73. The predicted octanol–water partition coefficient (Wildman–Crippen LogP) is 7.07. The van der Waals surface area contributed by atoms with Crippen LogP contribution < -0.4 is 9.47 Å². The molecule has 3 rings (SSSR count). The zero-order chi connectivity index (χ0) is 21.9. The highest BCUT2D eigenvalue weighted by Crippen LogP contribution is 2.31. The van der Waals surface area contributed by atoms with Crippen LogP contribution in [0.5, 0.6) is 0 Å². The number of para-hydroxylation sites is 1. The van der Waals surface area contributed by atoms with Gasteiger partial charge in [-0.3, -0.25) is 0 Å². The van der Waals surface area contributed by atoms with Gasteiger partial charge in [0.1, 0.15) is 4.70 Å². The van der Waals surface area contributed by atoms with Crippen LogP contribution in [0, 0.1) is 19.3 Å². The number of hydrogen-bond acceptors (Lipinski definition) is 2. The summed E-state index contributed by atoms with van der Waals surface area (Å²) in [6, 6.07) is 15.1. The van der Waals surface area contributed by atoms with Gasteiger partial charge in [-0.1, -0.05) is 63.0 Å². The molecule has 0 fully saturated rings. The Balaban J connectivity index is 2.01. The first-order chi connectivity index (χ1) is 14.2. The molecule has 3 aromatic rings. The van der Waals surface area contributed by atoms with Crippen molar-refractivity contribution in [2.75, 3.05) is 11.9 Å². The van der Waals surface area contributed by atoms with Crippen molar-refractivity contribution in [1.82, 2.24) is 0 Å². The monoisotopic (exact) mass is 417 g/mol. The van der Waals surface area contributed by atoms with E-state index in [-0.39, 0.29) is 5.41 Å². The van der Waals surface area contributed by atoms with E-state index in [1.165, 1.54) is 37.7 Å². The smallest absolute Gasteiger partial charge is 0.263 e. The van der Waals surface area contributed by atoms with Gasteiger partial charge in [0.05, 0.1) is 0 Å². The molecule has 2 aromatic carbocycles. The molecule has 0 atom stereocenters. The molecule has 2 nitrogen and oxygen atoms in total. The minimum absolute atomic E-state index is 0.0282. The summed E-state index contributed by atoms with van der Waals surface area (Å²) in [7, 11) is 2.14. The molecule has 1 aromatic heterocycles. The number of aryl methyl sites for hydroxylation is 2. The van der Waals surface area contributed by atoms with E-state index in [1.807, 2.05) is 17.4 Å². The molecule has 0 N–H and O–H groups in total. The second-order valence-corrected chi connectivity index (χ2v) is 9.86. The van der Waals surface area contributed by atoms with Gasteiger partial charge in [-0.15, -0.1) is 0 Å². The molecule has 0 aliphatic heterocycles. The van der Waals surface area contributed by atoms with Crippen LogP contribution in [0.4, 0.5) is 5.69 Å². The number of nitrogens with zero attached hydrogens (tertiary/aromatic N) is 2. The number of benzene rings is 2. The fourth-order valence-corrected chi connectivity index (χ4v) is 4.84. The lowest BCUT2D eigenvalue weighted by molar-refractivity contribution is -0.658. The van der Waals surface area contributed by atoms with Gasteiger partial charge < -0.3 is 4.90 Å². The number of thiazole rings is 1. The summed E-state index contributed by atoms with van der Waals surface area (Å²) in [5.41, 5.74) is 6.44. The maximum atomic E-state index is 3.96. The first-order valence-electron chi connectivity index (χ1n) is 10.4. The average molecular weight is 418 g/mol. The maximum absolute atomic E-state index is 3.96. The Morgan fingerprint density at radius 2 is 1.77 bits per heavy atom. The van der Waals surface area contributed by atoms with Crippen LogP contribution in [-0.4, -0.2) is 7.05 Å². The van der Waals surface area contributed by atoms with Crippen LogP contribution in [0.25, 0.3) is 16.3 Å². The molecule has 0 radical (unpaired) electrons. The van der Waals surface area contributed by atoms with Gasteiger partial charge in [-0.05, 0) is 55.3 Å². The lowest BCUT2D eigenvalue weighted by atomic mass is 9.90. The topological polar surface area (TPSA) is 7.12 Å². The van der Waals surface area contributed by atoms with Gasteiger partial charge in [0.2, 0.25) is 5.52 Å². The zero-order valence-electron chi connectivity index (χ0n) is 19.1. The summed E-state index contributed by atoms with van der Waals surface area (Å²) in [6.07, 6.45) is 8.62. The summed E-state index contributed by atoms with van der Waals surface area (Å²) >= 11 is 1.84. The molecule has 0 unspecified atom stereocenters. The van der Waals surface area contributed by atoms with E-state index >= 15 is 0 Å². The quantitative estimate of drug-likeness (QED) is 0.236. The molecule has 0 spiro atoms. The first kappa shape index (κ1) is 22.0. The van der Waals surface area contributed by atoms with E-state index in [2.05, 4.69) is 118 Å². The second-order valence-electron chi connectivity index (χ2n) is 8.80. The lowest BCUT2D eigenvalue weighted by Crippen LogP contribution is -2.34. The van der Waals surface area contributed by atoms with Crippen molar-refractivity contribution in [3.8, 4) is 0 Å².